The van der Waals surface area contributed by atoms with Crippen LogP contribution in [0.2, 0.25) is 0 Å². The van der Waals surface area contributed by atoms with Crippen LogP contribution in [0.4, 0.5) is 5.69 Å². The minimum Gasteiger partial charge on any atom is -0.397 e. The number of benzene rings is 1. The van der Waals surface area contributed by atoms with Gasteiger partial charge in [0.05, 0.1) is 5.69 Å². The van der Waals surface area contributed by atoms with E-state index >= 15 is 0 Å². The molecule has 0 aliphatic heterocycles. The molecule has 0 aliphatic rings. The van der Waals surface area contributed by atoms with E-state index in [1.54, 1.807) is 11.3 Å². The van der Waals surface area contributed by atoms with E-state index in [0.717, 1.165) is 5.69 Å². The van der Waals surface area contributed by atoms with Crippen LogP contribution in [0.5, 0.6) is 0 Å². The van der Waals surface area contributed by atoms with E-state index in [0.29, 0.717) is 0 Å². The van der Waals surface area contributed by atoms with Gasteiger partial charge in [-0.15, -0.1) is 11.3 Å². The zero-order valence-corrected chi connectivity index (χ0v) is 8.96. The van der Waals surface area contributed by atoms with E-state index in [4.69, 9.17) is 5.73 Å². The molecule has 1 aromatic heterocycles. The molecule has 0 saturated heterocycles. The molecule has 2 N–H and O–H groups in total. The van der Waals surface area contributed by atoms with Gasteiger partial charge in [0.2, 0.25) is 0 Å². The number of rotatable bonds is 0. The summed E-state index contributed by atoms with van der Waals surface area (Å²) in [4.78, 5) is 1.23. The van der Waals surface area contributed by atoms with Crippen LogP contribution in [0.15, 0.2) is 12.1 Å². The molecule has 2 heteroatoms. The molecule has 1 aromatic carbocycles. The average Bonchev–Trinajstić information content (AvgIpc) is 2.32. The third-order valence-electron chi connectivity index (χ3n) is 2.34. The maximum Gasteiger partial charge on any atom is 0.0532 e. The highest BCUT2D eigenvalue weighted by atomic mass is 32.1. The van der Waals surface area contributed by atoms with Gasteiger partial charge in [0.1, 0.15) is 0 Å². The molecular formula is C11H13NS. The smallest absolute Gasteiger partial charge is 0.0532 e. The molecule has 13 heavy (non-hydrogen) atoms. The Hall–Kier alpha value is -1.02. The molecule has 1 nitrogen and oxygen atoms in total. The molecule has 2 rings (SSSR count). The van der Waals surface area contributed by atoms with Crippen LogP contribution in [0.3, 0.4) is 0 Å². The summed E-state index contributed by atoms with van der Waals surface area (Å²) in [6, 6.07) is 4.37. The largest absolute Gasteiger partial charge is 0.397 e. The quantitative estimate of drug-likeness (QED) is 0.678. The molecule has 0 radical (unpaired) electrons. The lowest BCUT2D eigenvalue weighted by Gasteiger charge is -1.98. The molecule has 2 aromatic rings. The van der Waals surface area contributed by atoms with Crippen molar-refractivity contribution >= 4 is 27.1 Å². The van der Waals surface area contributed by atoms with Gasteiger partial charge in [-0.3, -0.25) is 0 Å². The van der Waals surface area contributed by atoms with Gasteiger partial charge >= 0.3 is 0 Å². The van der Waals surface area contributed by atoms with Crippen LogP contribution in [0.1, 0.15) is 16.0 Å². The predicted octanol–water partition coefficient (Wildman–Crippen LogP) is 3.41. The molecule has 0 aliphatic carbocycles. The summed E-state index contributed by atoms with van der Waals surface area (Å²) in [6.45, 7) is 6.33. The summed E-state index contributed by atoms with van der Waals surface area (Å²) in [5.74, 6) is 0. The van der Waals surface area contributed by atoms with Crippen LogP contribution >= 0.6 is 11.3 Å². The normalized spacial score (nSPS) is 11.0. The second-order valence-corrected chi connectivity index (χ2v) is 4.76. The summed E-state index contributed by atoms with van der Waals surface area (Å²) in [6.07, 6.45) is 0. The zero-order chi connectivity index (χ0) is 9.59. The number of hydrogen-bond acceptors (Lipinski definition) is 2. The van der Waals surface area contributed by atoms with Crippen molar-refractivity contribution in [3.63, 3.8) is 0 Å². The fraction of sp³-hybridized carbons (Fsp3) is 0.273. The molecule has 0 bridgehead atoms. The number of anilines is 1. The van der Waals surface area contributed by atoms with E-state index in [1.165, 1.54) is 26.1 Å². The Labute approximate surface area is 82.2 Å². The lowest BCUT2D eigenvalue weighted by molar-refractivity contribution is 1.44. The first-order valence-corrected chi connectivity index (χ1v) is 5.17. The number of hydrogen-bond donors (Lipinski definition) is 1. The Morgan fingerprint density at radius 2 is 1.85 bits per heavy atom. The highest BCUT2D eigenvalue weighted by Gasteiger charge is 2.07. The standard InChI is InChI=1S/C11H13NS/c1-6-4-7(2)11-9(5-6)10(12)8(3)13-11/h4-5H,12H2,1-3H3. The van der Waals surface area contributed by atoms with E-state index in [-0.39, 0.29) is 0 Å². The number of nitrogens with two attached hydrogens (primary N) is 1. The van der Waals surface area contributed by atoms with Gasteiger partial charge in [0.15, 0.2) is 0 Å². The van der Waals surface area contributed by atoms with Crippen molar-refractivity contribution in [1.29, 1.82) is 0 Å². The Kier molecular flexibility index (Phi) is 1.81. The average molecular weight is 191 g/mol. The van der Waals surface area contributed by atoms with Crippen molar-refractivity contribution < 1.29 is 0 Å². The fourth-order valence-electron chi connectivity index (χ4n) is 1.69. The molecule has 68 valence electrons. The zero-order valence-electron chi connectivity index (χ0n) is 8.14. The molecule has 0 atom stereocenters. The number of aryl methyl sites for hydroxylation is 3. The first kappa shape index (κ1) is 8.57. The van der Waals surface area contributed by atoms with Gasteiger partial charge < -0.3 is 5.73 Å². The first-order chi connectivity index (χ1) is 6.09. The lowest BCUT2D eigenvalue weighted by atomic mass is 10.1. The van der Waals surface area contributed by atoms with Gasteiger partial charge in [0.25, 0.3) is 0 Å². The summed E-state index contributed by atoms with van der Waals surface area (Å²) in [5.41, 5.74) is 9.56. The van der Waals surface area contributed by atoms with Gasteiger partial charge in [-0.05, 0) is 32.4 Å². The van der Waals surface area contributed by atoms with Gasteiger partial charge in [0, 0.05) is 15.0 Å². The second kappa shape index (κ2) is 2.74. The van der Waals surface area contributed by atoms with Crippen molar-refractivity contribution in [2.24, 2.45) is 0 Å². The van der Waals surface area contributed by atoms with Gasteiger partial charge in [-0.2, -0.15) is 0 Å². The van der Waals surface area contributed by atoms with Crippen LogP contribution in [0, 0.1) is 20.8 Å². The van der Waals surface area contributed by atoms with Gasteiger partial charge in [-0.25, -0.2) is 0 Å². The number of thiophene rings is 1. The Balaban J connectivity index is 2.94. The summed E-state index contributed by atoms with van der Waals surface area (Å²) < 4.78 is 1.33. The predicted molar refractivity (Wildman–Crippen MR) is 60.4 cm³/mol. The van der Waals surface area contributed by atoms with Crippen LogP contribution in [-0.4, -0.2) is 0 Å². The number of nitrogen functional groups attached to an aromatic ring is 1. The first-order valence-electron chi connectivity index (χ1n) is 4.35. The Morgan fingerprint density at radius 1 is 1.15 bits per heavy atom. The van der Waals surface area contributed by atoms with Crippen molar-refractivity contribution in [1.82, 2.24) is 0 Å². The van der Waals surface area contributed by atoms with Gasteiger partial charge in [-0.1, -0.05) is 11.6 Å². The third-order valence-corrected chi connectivity index (χ3v) is 3.62. The summed E-state index contributed by atoms with van der Waals surface area (Å²) in [7, 11) is 0. The third kappa shape index (κ3) is 1.22. The maximum absolute atomic E-state index is 5.99. The lowest BCUT2D eigenvalue weighted by Crippen LogP contribution is -1.84. The van der Waals surface area contributed by atoms with Crippen molar-refractivity contribution in [3.05, 3.63) is 28.1 Å². The van der Waals surface area contributed by atoms with Crippen LogP contribution < -0.4 is 5.73 Å². The van der Waals surface area contributed by atoms with Crippen molar-refractivity contribution in [2.75, 3.05) is 5.73 Å². The molecule has 0 spiro atoms. The van der Waals surface area contributed by atoms with E-state index in [9.17, 15) is 0 Å². The van der Waals surface area contributed by atoms with E-state index in [2.05, 4.69) is 32.9 Å². The molecule has 1 heterocycles. The topological polar surface area (TPSA) is 26.0 Å². The van der Waals surface area contributed by atoms with Crippen molar-refractivity contribution in [2.45, 2.75) is 20.8 Å². The molecule has 0 saturated carbocycles. The minimum absolute atomic E-state index is 0.951. The minimum atomic E-state index is 0.951. The summed E-state index contributed by atoms with van der Waals surface area (Å²) >= 11 is 1.79. The molecule has 0 amide bonds. The second-order valence-electron chi connectivity index (χ2n) is 3.53. The SMILES string of the molecule is Cc1cc(C)c2sc(C)c(N)c2c1. The van der Waals surface area contributed by atoms with E-state index in [1.807, 2.05) is 0 Å². The molecule has 0 unspecified atom stereocenters. The highest BCUT2D eigenvalue weighted by Crippen LogP contribution is 2.35. The Morgan fingerprint density at radius 3 is 2.54 bits per heavy atom. The van der Waals surface area contributed by atoms with E-state index < -0.39 is 0 Å². The van der Waals surface area contributed by atoms with Crippen LogP contribution in [-0.2, 0) is 0 Å². The van der Waals surface area contributed by atoms with Crippen molar-refractivity contribution in [3.8, 4) is 0 Å². The van der Waals surface area contributed by atoms with Crippen LogP contribution in [0.25, 0.3) is 10.1 Å². The molecule has 0 fully saturated rings. The fourth-order valence-corrected chi connectivity index (χ4v) is 2.71. The molecular weight excluding hydrogens is 178 g/mol. The maximum atomic E-state index is 5.99. The number of fused-ring (bicyclic) bond motifs is 1. The summed E-state index contributed by atoms with van der Waals surface area (Å²) in [5, 5.41) is 1.22. The monoisotopic (exact) mass is 191 g/mol. The Bertz CT molecular complexity index is 468. The highest BCUT2D eigenvalue weighted by molar-refractivity contribution is 7.19.